The number of aliphatic imine (C=N–C) groups is 1. The number of nitrogens with two attached hydrogens (primary N) is 1. The first-order valence-electron chi connectivity index (χ1n) is 6.59. The Morgan fingerprint density at radius 2 is 2.33 bits per heavy atom. The number of benzene rings is 1. The molecule has 0 aliphatic carbocycles. The number of thioether (sulfide) groups is 1. The molecule has 0 aromatic heterocycles. The monoisotopic (exact) mass is 425 g/mol. The van der Waals surface area contributed by atoms with E-state index in [1.54, 1.807) is 6.07 Å². The molecule has 1 unspecified atom stereocenters. The van der Waals surface area contributed by atoms with E-state index in [0.29, 0.717) is 18.1 Å². The minimum Gasteiger partial charge on any atom is -0.375 e. The van der Waals surface area contributed by atoms with E-state index in [1.165, 1.54) is 17.8 Å². The van der Waals surface area contributed by atoms with E-state index in [2.05, 4.69) is 4.99 Å². The van der Waals surface area contributed by atoms with Crippen molar-refractivity contribution in [3.8, 4) is 0 Å². The standard InChI is InChI=1S/C14H20FN3OS.HI/c1-10-9-18(6-7-19-10)14(16)17-8-11-12(15)4-3-5-13(11)20-2;/h3-5,10H,6-9H2,1-2H3,(H2,16,17);1H. The number of ether oxygens (including phenoxy) is 1. The van der Waals surface area contributed by atoms with Gasteiger partial charge >= 0.3 is 0 Å². The predicted octanol–water partition coefficient (Wildman–Crippen LogP) is 2.70. The van der Waals surface area contributed by atoms with E-state index in [4.69, 9.17) is 10.5 Å². The van der Waals surface area contributed by atoms with Gasteiger partial charge in [-0.25, -0.2) is 9.38 Å². The SMILES string of the molecule is CSc1cccc(F)c1CN=C(N)N1CCOC(C)C1.I. The molecule has 0 bridgehead atoms. The van der Waals surface area contributed by atoms with Crippen molar-refractivity contribution >= 4 is 41.7 Å². The van der Waals surface area contributed by atoms with Crippen molar-refractivity contribution in [3.63, 3.8) is 0 Å². The summed E-state index contributed by atoms with van der Waals surface area (Å²) in [6.45, 7) is 4.37. The van der Waals surface area contributed by atoms with Gasteiger partial charge in [0, 0.05) is 23.5 Å². The van der Waals surface area contributed by atoms with E-state index < -0.39 is 0 Å². The molecular formula is C14H21FIN3OS. The number of rotatable bonds is 3. The number of morpholine rings is 1. The number of hydrogen-bond donors (Lipinski definition) is 1. The van der Waals surface area contributed by atoms with Gasteiger partial charge in [-0.05, 0) is 25.3 Å². The van der Waals surface area contributed by atoms with Crippen LogP contribution in [0.3, 0.4) is 0 Å². The number of hydrogen-bond acceptors (Lipinski definition) is 3. The van der Waals surface area contributed by atoms with Crippen LogP contribution >= 0.6 is 35.7 Å². The van der Waals surface area contributed by atoms with E-state index in [9.17, 15) is 4.39 Å². The summed E-state index contributed by atoms with van der Waals surface area (Å²) in [6, 6.07) is 5.06. The fourth-order valence-electron chi connectivity index (χ4n) is 2.17. The maximum absolute atomic E-state index is 13.8. The third kappa shape index (κ3) is 5.00. The molecule has 0 radical (unpaired) electrons. The first-order valence-corrected chi connectivity index (χ1v) is 7.82. The molecule has 118 valence electrons. The summed E-state index contributed by atoms with van der Waals surface area (Å²) in [4.78, 5) is 7.21. The summed E-state index contributed by atoms with van der Waals surface area (Å²) in [5, 5.41) is 0. The molecule has 7 heteroatoms. The zero-order valence-corrected chi connectivity index (χ0v) is 15.4. The Kier molecular flexibility index (Phi) is 7.75. The van der Waals surface area contributed by atoms with Crippen LogP contribution in [0.25, 0.3) is 0 Å². The molecule has 1 aromatic carbocycles. The molecule has 0 saturated carbocycles. The van der Waals surface area contributed by atoms with Crippen LogP contribution in [0.15, 0.2) is 28.1 Å². The number of halogens is 2. The third-order valence-electron chi connectivity index (χ3n) is 3.26. The number of guanidine groups is 1. The Labute approximate surface area is 146 Å². The van der Waals surface area contributed by atoms with Crippen molar-refractivity contribution in [3.05, 3.63) is 29.6 Å². The summed E-state index contributed by atoms with van der Waals surface area (Å²) in [6.07, 6.45) is 2.07. The summed E-state index contributed by atoms with van der Waals surface area (Å²) in [7, 11) is 0. The van der Waals surface area contributed by atoms with Crippen LogP contribution in [0, 0.1) is 5.82 Å². The highest BCUT2D eigenvalue weighted by atomic mass is 127. The molecular weight excluding hydrogens is 404 g/mol. The van der Waals surface area contributed by atoms with E-state index in [1.807, 2.05) is 24.1 Å². The smallest absolute Gasteiger partial charge is 0.191 e. The van der Waals surface area contributed by atoms with Crippen molar-refractivity contribution in [1.82, 2.24) is 4.90 Å². The molecule has 1 heterocycles. The average Bonchev–Trinajstić information content (AvgIpc) is 2.45. The van der Waals surface area contributed by atoms with Crippen molar-refractivity contribution in [2.45, 2.75) is 24.5 Å². The van der Waals surface area contributed by atoms with Gasteiger partial charge in [0.25, 0.3) is 0 Å². The minimum absolute atomic E-state index is 0. The summed E-state index contributed by atoms with van der Waals surface area (Å²) in [5.41, 5.74) is 6.59. The van der Waals surface area contributed by atoms with Crippen molar-refractivity contribution < 1.29 is 9.13 Å². The van der Waals surface area contributed by atoms with Crippen LogP contribution in [0.1, 0.15) is 12.5 Å². The molecule has 2 N–H and O–H groups in total. The fourth-order valence-corrected chi connectivity index (χ4v) is 2.79. The van der Waals surface area contributed by atoms with Crippen molar-refractivity contribution in [1.29, 1.82) is 0 Å². The van der Waals surface area contributed by atoms with Crippen molar-refractivity contribution in [2.75, 3.05) is 26.0 Å². The van der Waals surface area contributed by atoms with Gasteiger partial charge in [-0.3, -0.25) is 0 Å². The molecule has 1 atom stereocenters. The van der Waals surface area contributed by atoms with Crippen LogP contribution in [-0.2, 0) is 11.3 Å². The second-order valence-electron chi connectivity index (χ2n) is 4.72. The highest BCUT2D eigenvalue weighted by Gasteiger charge is 2.18. The maximum atomic E-state index is 13.8. The molecule has 1 aliphatic heterocycles. The second kappa shape index (κ2) is 8.79. The molecule has 1 saturated heterocycles. The maximum Gasteiger partial charge on any atom is 0.191 e. The van der Waals surface area contributed by atoms with Gasteiger partial charge in [0.15, 0.2) is 5.96 Å². The fraction of sp³-hybridized carbons (Fsp3) is 0.500. The molecule has 0 spiro atoms. The predicted molar refractivity (Wildman–Crippen MR) is 95.9 cm³/mol. The summed E-state index contributed by atoms with van der Waals surface area (Å²) < 4.78 is 19.3. The first-order chi connectivity index (χ1) is 9.61. The van der Waals surface area contributed by atoms with Crippen LogP contribution in [-0.4, -0.2) is 42.9 Å². The Bertz CT molecular complexity index is 501. The number of nitrogens with zero attached hydrogens (tertiary/aromatic N) is 2. The molecule has 4 nitrogen and oxygen atoms in total. The molecule has 1 fully saturated rings. The Morgan fingerprint density at radius 3 is 3.00 bits per heavy atom. The molecule has 1 aliphatic rings. The largest absolute Gasteiger partial charge is 0.375 e. The lowest BCUT2D eigenvalue weighted by Crippen LogP contribution is -2.47. The highest BCUT2D eigenvalue weighted by molar-refractivity contribution is 14.0. The lowest BCUT2D eigenvalue weighted by atomic mass is 10.2. The van der Waals surface area contributed by atoms with Gasteiger partial charge in [0.05, 0.1) is 19.3 Å². The van der Waals surface area contributed by atoms with Gasteiger partial charge in [0.2, 0.25) is 0 Å². The normalized spacial score (nSPS) is 19.3. The van der Waals surface area contributed by atoms with Crippen molar-refractivity contribution in [2.24, 2.45) is 10.7 Å². The molecule has 2 rings (SSSR count). The Morgan fingerprint density at radius 1 is 1.57 bits per heavy atom. The van der Waals surface area contributed by atoms with Crippen LogP contribution in [0.5, 0.6) is 0 Å². The average molecular weight is 425 g/mol. The van der Waals surface area contributed by atoms with E-state index >= 15 is 0 Å². The second-order valence-corrected chi connectivity index (χ2v) is 5.57. The molecule has 1 aromatic rings. The van der Waals surface area contributed by atoms with Crippen LogP contribution < -0.4 is 5.73 Å². The van der Waals surface area contributed by atoms with Gasteiger partial charge in [-0.2, -0.15) is 0 Å². The Balaban J connectivity index is 0.00000220. The summed E-state index contributed by atoms with van der Waals surface area (Å²) in [5.74, 6) is 0.221. The highest BCUT2D eigenvalue weighted by Crippen LogP contribution is 2.23. The van der Waals surface area contributed by atoms with E-state index in [0.717, 1.165) is 18.0 Å². The third-order valence-corrected chi connectivity index (χ3v) is 4.08. The van der Waals surface area contributed by atoms with Gasteiger partial charge in [0.1, 0.15) is 5.82 Å². The minimum atomic E-state index is -0.233. The van der Waals surface area contributed by atoms with Crippen LogP contribution in [0.2, 0.25) is 0 Å². The topological polar surface area (TPSA) is 50.8 Å². The van der Waals surface area contributed by atoms with Crippen LogP contribution in [0.4, 0.5) is 4.39 Å². The Hall–Kier alpha value is -0.540. The lowest BCUT2D eigenvalue weighted by Gasteiger charge is -2.31. The van der Waals surface area contributed by atoms with Gasteiger partial charge in [-0.1, -0.05) is 6.07 Å². The quantitative estimate of drug-likeness (QED) is 0.350. The van der Waals surface area contributed by atoms with Gasteiger partial charge < -0.3 is 15.4 Å². The van der Waals surface area contributed by atoms with E-state index in [-0.39, 0.29) is 42.4 Å². The zero-order chi connectivity index (χ0) is 14.5. The zero-order valence-electron chi connectivity index (χ0n) is 12.2. The first kappa shape index (κ1) is 18.5. The van der Waals surface area contributed by atoms with Gasteiger partial charge in [-0.15, -0.1) is 35.7 Å². The molecule has 21 heavy (non-hydrogen) atoms. The summed E-state index contributed by atoms with van der Waals surface area (Å²) >= 11 is 1.51. The lowest BCUT2D eigenvalue weighted by molar-refractivity contribution is 0.00528. The molecule has 0 amide bonds.